The van der Waals surface area contributed by atoms with Crippen LogP contribution in [0.5, 0.6) is 0 Å². The number of hydrogen-bond donors (Lipinski definition) is 1. The minimum atomic E-state index is -0.728. The monoisotopic (exact) mass is 251 g/mol. The molecule has 0 aliphatic carbocycles. The molecule has 0 spiro atoms. The first-order valence-corrected chi connectivity index (χ1v) is 5.15. The molecule has 0 aliphatic heterocycles. The summed E-state index contributed by atoms with van der Waals surface area (Å²) in [6.07, 6.45) is -0.380. The summed E-state index contributed by atoms with van der Waals surface area (Å²) in [5, 5.41) is 9.92. The van der Waals surface area contributed by atoms with Gasteiger partial charge in [-0.15, -0.1) is 0 Å². The number of hydrogen-bond acceptors (Lipinski definition) is 5. The summed E-state index contributed by atoms with van der Waals surface area (Å²) in [5.41, 5.74) is 0.475. The van der Waals surface area contributed by atoms with Gasteiger partial charge in [0, 0.05) is 0 Å². The van der Waals surface area contributed by atoms with Crippen molar-refractivity contribution < 1.29 is 24.3 Å². The number of esters is 1. The van der Waals surface area contributed by atoms with Gasteiger partial charge < -0.3 is 4.74 Å². The second-order valence-electron chi connectivity index (χ2n) is 3.62. The lowest BCUT2D eigenvalue weighted by molar-refractivity contribution is -0.128. The van der Waals surface area contributed by atoms with Gasteiger partial charge in [-0.25, -0.2) is 4.79 Å². The topological polar surface area (TPSA) is 83.9 Å². The second-order valence-corrected chi connectivity index (χ2v) is 3.62. The van der Waals surface area contributed by atoms with Gasteiger partial charge in [0.2, 0.25) is 0 Å². The van der Waals surface area contributed by atoms with Gasteiger partial charge in [-0.1, -0.05) is 0 Å². The van der Waals surface area contributed by atoms with E-state index < -0.39 is 11.9 Å². The van der Waals surface area contributed by atoms with E-state index in [9.17, 15) is 19.6 Å². The van der Waals surface area contributed by atoms with Crippen LogP contribution in [0.1, 0.15) is 23.7 Å². The Morgan fingerprint density at radius 1 is 1.22 bits per heavy atom. The average Bonchev–Trinajstić information content (AvgIpc) is 2.36. The van der Waals surface area contributed by atoms with E-state index >= 15 is 0 Å². The highest BCUT2D eigenvalue weighted by molar-refractivity contribution is 6.03. The molecule has 18 heavy (non-hydrogen) atoms. The van der Waals surface area contributed by atoms with Crippen molar-refractivity contribution in [2.75, 3.05) is 12.2 Å². The molecule has 0 saturated heterocycles. The number of carbonyl (C=O) groups excluding carboxylic acids is 3. The van der Waals surface area contributed by atoms with Crippen LogP contribution in [0.2, 0.25) is 0 Å². The maximum absolute atomic E-state index is 11.4. The van der Waals surface area contributed by atoms with Gasteiger partial charge in [0.15, 0.2) is 0 Å². The van der Waals surface area contributed by atoms with Gasteiger partial charge in [-0.3, -0.25) is 14.8 Å². The van der Waals surface area contributed by atoms with E-state index in [0.29, 0.717) is 10.6 Å². The van der Waals surface area contributed by atoms with Crippen LogP contribution in [0.4, 0.5) is 5.69 Å². The number of nitrogens with zero attached hydrogens (tertiary/aromatic N) is 1. The van der Waals surface area contributed by atoms with Gasteiger partial charge in [0.1, 0.15) is 5.78 Å². The number of ketones is 1. The fourth-order valence-corrected chi connectivity index (χ4v) is 1.29. The summed E-state index contributed by atoms with van der Waals surface area (Å²) < 4.78 is 4.51. The molecule has 0 atom stereocenters. The lowest BCUT2D eigenvalue weighted by Crippen LogP contribution is -2.28. The van der Waals surface area contributed by atoms with Gasteiger partial charge in [0.25, 0.3) is 5.91 Å². The van der Waals surface area contributed by atoms with Crippen molar-refractivity contribution in [3.8, 4) is 0 Å². The van der Waals surface area contributed by atoms with Crippen LogP contribution in [0.3, 0.4) is 0 Å². The Labute approximate surface area is 104 Å². The maximum Gasteiger partial charge on any atom is 0.337 e. The molecule has 1 rings (SSSR count). The second kappa shape index (κ2) is 5.92. The molecular formula is C12H13NO5. The number of Topliss-reactive ketones (excluding diaryl/α,β-unsaturated/α-hetero) is 1. The van der Waals surface area contributed by atoms with Crippen LogP contribution in [0.15, 0.2) is 24.3 Å². The summed E-state index contributed by atoms with van der Waals surface area (Å²) in [7, 11) is 1.25. The fourth-order valence-electron chi connectivity index (χ4n) is 1.29. The Morgan fingerprint density at radius 3 is 2.22 bits per heavy atom. The molecule has 0 heterocycles. The Morgan fingerprint density at radius 2 is 1.78 bits per heavy atom. The van der Waals surface area contributed by atoms with Crippen LogP contribution < -0.4 is 5.06 Å². The molecule has 0 saturated carbocycles. The zero-order chi connectivity index (χ0) is 13.7. The zero-order valence-electron chi connectivity index (χ0n) is 10.0. The molecule has 1 aromatic rings. The fraction of sp³-hybridized carbons (Fsp3) is 0.250. The van der Waals surface area contributed by atoms with E-state index in [4.69, 9.17) is 0 Å². The summed E-state index contributed by atoms with van der Waals surface area (Å²) in [4.78, 5) is 33.3. The van der Waals surface area contributed by atoms with Crippen molar-refractivity contribution in [3.05, 3.63) is 29.8 Å². The van der Waals surface area contributed by atoms with Crippen LogP contribution in [-0.2, 0) is 14.3 Å². The van der Waals surface area contributed by atoms with Crippen molar-refractivity contribution in [1.82, 2.24) is 0 Å². The number of methoxy groups -OCH3 is 1. The van der Waals surface area contributed by atoms with Crippen molar-refractivity contribution in [2.45, 2.75) is 13.3 Å². The first-order chi connectivity index (χ1) is 8.45. The number of amides is 1. The molecule has 96 valence electrons. The third-order valence-corrected chi connectivity index (χ3v) is 2.17. The molecule has 6 heteroatoms. The van der Waals surface area contributed by atoms with Crippen LogP contribution >= 0.6 is 0 Å². The van der Waals surface area contributed by atoms with Crippen molar-refractivity contribution in [1.29, 1.82) is 0 Å². The Hall–Kier alpha value is -2.21. The van der Waals surface area contributed by atoms with Crippen LogP contribution in [0.25, 0.3) is 0 Å². The SMILES string of the molecule is COC(=O)c1ccc(N(O)C(=O)CC(C)=O)cc1. The lowest BCUT2D eigenvalue weighted by Gasteiger charge is -2.14. The Balaban J connectivity index is 2.81. The summed E-state index contributed by atoms with van der Waals surface area (Å²) in [5.74, 6) is -1.58. The molecular weight excluding hydrogens is 238 g/mol. The van der Waals surface area contributed by atoms with E-state index in [-0.39, 0.29) is 17.9 Å². The predicted octanol–water partition coefficient (Wildman–Crippen LogP) is 1.17. The van der Waals surface area contributed by atoms with Crippen LogP contribution in [-0.4, -0.2) is 30.0 Å². The molecule has 0 bridgehead atoms. The largest absolute Gasteiger partial charge is 0.465 e. The predicted molar refractivity (Wildman–Crippen MR) is 62.4 cm³/mol. The maximum atomic E-state index is 11.4. The first-order valence-electron chi connectivity index (χ1n) is 5.15. The Kier molecular flexibility index (Phi) is 4.56. The number of benzene rings is 1. The van der Waals surface area contributed by atoms with Gasteiger partial charge in [-0.05, 0) is 31.2 Å². The summed E-state index contributed by atoms with van der Waals surface area (Å²) in [6.45, 7) is 1.26. The van der Waals surface area contributed by atoms with Crippen molar-refractivity contribution >= 4 is 23.3 Å². The highest BCUT2D eigenvalue weighted by atomic mass is 16.5. The van der Waals surface area contributed by atoms with E-state index in [2.05, 4.69) is 4.74 Å². The summed E-state index contributed by atoms with van der Waals surface area (Å²) >= 11 is 0. The number of anilines is 1. The molecule has 1 aromatic carbocycles. The number of carbonyl (C=O) groups is 3. The number of hydroxylamine groups is 1. The first kappa shape index (κ1) is 13.9. The third kappa shape index (κ3) is 3.39. The van der Waals surface area contributed by atoms with E-state index in [1.807, 2.05) is 0 Å². The molecule has 0 aliphatic rings. The van der Waals surface area contributed by atoms with Crippen LogP contribution in [0, 0.1) is 0 Å². The minimum Gasteiger partial charge on any atom is -0.465 e. The molecule has 0 aromatic heterocycles. The van der Waals surface area contributed by atoms with E-state index in [0.717, 1.165) is 0 Å². The number of ether oxygens (including phenoxy) is 1. The zero-order valence-corrected chi connectivity index (χ0v) is 10.0. The average molecular weight is 251 g/mol. The molecule has 0 unspecified atom stereocenters. The lowest BCUT2D eigenvalue weighted by atomic mass is 10.2. The van der Waals surface area contributed by atoms with Gasteiger partial charge in [0.05, 0.1) is 24.8 Å². The highest BCUT2D eigenvalue weighted by Gasteiger charge is 2.15. The van der Waals surface area contributed by atoms with Crippen molar-refractivity contribution in [2.24, 2.45) is 0 Å². The van der Waals surface area contributed by atoms with Gasteiger partial charge in [-0.2, -0.15) is 5.06 Å². The third-order valence-electron chi connectivity index (χ3n) is 2.17. The van der Waals surface area contributed by atoms with Gasteiger partial charge >= 0.3 is 5.97 Å². The standard InChI is InChI=1S/C12H13NO5/c1-8(14)7-11(15)13(17)10-5-3-9(4-6-10)12(16)18-2/h3-6,17H,7H2,1-2H3. The highest BCUT2D eigenvalue weighted by Crippen LogP contribution is 2.15. The quantitative estimate of drug-likeness (QED) is 0.376. The molecule has 1 N–H and O–H groups in total. The number of rotatable bonds is 4. The molecule has 0 fully saturated rings. The van der Waals surface area contributed by atoms with E-state index in [1.54, 1.807) is 0 Å². The van der Waals surface area contributed by atoms with E-state index in [1.165, 1.54) is 38.3 Å². The molecule has 6 nitrogen and oxygen atoms in total. The smallest absolute Gasteiger partial charge is 0.337 e. The molecule has 1 amide bonds. The summed E-state index contributed by atoms with van der Waals surface area (Å²) in [6, 6.07) is 5.57. The van der Waals surface area contributed by atoms with Crippen molar-refractivity contribution in [3.63, 3.8) is 0 Å². The molecule has 0 radical (unpaired) electrons. The minimum absolute atomic E-state index is 0.175. The normalized spacial score (nSPS) is 9.72. The Bertz CT molecular complexity index is 466.